The fraction of sp³-hybridized carbons (Fsp3) is 0.182. The highest BCUT2D eigenvalue weighted by atomic mass is 16.3. The van der Waals surface area contributed by atoms with Gasteiger partial charge in [-0.15, -0.1) is 0 Å². The van der Waals surface area contributed by atoms with E-state index in [-0.39, 0.29) is 23.1 Å². The second kappa shape index (κ2) is 10.9. The van der Waals surface area contributed by atoms with Gasteiger partial charge in [-0.2, -0.15) is 0 Å². The maximum atomic E-state index is 8.17. The van der Waals surface area contributed by atoms with Crippen molar-refractivity contribution in [2.24, 2.45) is 0 Å². The fourth-order valence-electron chi connectivity index (χ4n) is 7.34. The third-order valence-corrected chi connectivity index (χ3v) is 9.63. The van der Waals surface area contributed by atoms with Gasteiger partial charge in [0.1, 0.15) is 22.6 Å². The molecule has 0 amide bonds. The largest absolute Gasteiger partial charge is 0.454 e. The van der Waals surface area contributed by atoms with Crippen LogP contribution in [0.25, 0.3) is 83.1 Å². The molecule has 0 fully saturated rings. The lowest BCUT2D eigenvalue weighted by Crippen LogP contribution is -2.09. The standard InChI is InChI=1S/C44H37N3O2/c1-24(2)33-22-29(28-13-8-7-9-14-28)23-34(25(3)4)40(33)47-37-18-11-10-17-36(37)46-44(47)32-16-12-15-30-31-19-20-38-39(43(31)49-42(30)32)35-21-26(5)45-27(6)41(35)48-38/h7-25H,1-6H3/i5D3,6D3. The molecule has 9 aromatic rings. The molecule has 0 aliphatic carbocycles. The number of nitrogens with zero attached hydrogens (tertiary/aromatic N) is 3. The number of rotatable bonds is 5. The van der Waals surface area contributed by atoms with Gasteiger partial charge in [-0.1, -0.05) is 82.3 Å². The summed E-state index contributed by atoms with van der Waals surface area (Å²) in [5.74, 6) is 1.08. The summed E-state index contributed by atoms with van der Waals surface area (Å²) in [6.07, 6.45) is 0. The lowest BCUT2D eigenvalue weighted by molar-refractivity contribution is 0.658. The molecule has 9 rings (SSSR count). The summed E-state index contributed by atoms with van der Waals surface area (Å²) < 4.78 is 64.1. The van der Waals surface area contributed by atoms with Crippen molar-refractivity contribution in [3.05, 3.63) is 126 Å². The van der Waals surface area contributed by atoms with Gasteiger partial charge >= 0.3 is 0 Å². The molecule has 0 N–H and O–H groups in total. The molecule has 49 heavy (non-hydrogen) atoms. The number of benzene rings is 5. The Labute approximate surface area is 293 Å². The number of para-hydroxylation sites is 3. The lowest BCUT2D eigenvalue weighted by atomic mass is 9.88. The molecule has 0 atom stereocenters. The molecule has 0 aliphatic heterocycles. The van der Waals surface area contributed by atoms with E-state index in [1.54, 1.807) is 6.07 Å². The van der Waals surface area contributed by atoms with Gasteiger partial charge in [0.15, 0.2) is 5.58 Å². The molecule has 0 saturated carbocycles. The zero-order chi connectivity index (χ0) is 38.6. The average Bonchev–Trinajstić information content (AvgIpc) is 3.84. The maximum Gasteiger partial charge on any atom is 0.156 e. The average molecular weight is 646 g/mol. The van der Waals surface area contributed by atoms with Crippen molar-refractivity contribution in [1.82, 2.24) is 14.5 Å². The number of pyridine rings is 1. The van der Waals surface area contributed by atoms with Gasteiger partial charge in [0.05, 0.1) is 33.4 Å². The van der Waals surface area contributed by atoms with Crippen LogP contribution in [0, 0.1) is 13.7 Å². The fourth-order valence-corrected chi connectivity index (χ4v) is 7.34. The number of hydrogen-bond donors (Lipinski definition) is 0. The Bertz CT molecular complexity index is 2940. The number of imidazole rings is 1. The van der Waals surface area contributed by atoms with Crippen LogP contribution in [0.2, 0.25) is 0 Å². The smallest absolute Gasteiger partial charge is 0.156 e. The summed E-state index contributed by atoms with van der Waals surface area (Å²) >= 11 is 0. The molecule has 0 bridgehead atoms. The van der Waals surface area contributed by atoms with Crippen molar-refractivity contribution < 1.29 is 17.1 Å². The number of aryl methyl sites for hydroxylation is 2. The van der Waals surface area contributed by atoms with E-state index in [2.05, 4.69) is 79.7 Å². The summed E-state index contributed by atoms with van der Waals surface area (Å²) in [6.45, 7) is 3.54. The third-order valence-electron chi connectivity index (χ3n) is 9.63. The molecular weight excluding hydrogens is 603 g/mol. The Morgan fingerprint density at radius 1 is 0.633 bits per heavy atom. The Balaban J connectivity index is 1.37. The number of furan rings is 2. The van der Waals surface area contributed by atoms with E-state index in [4.69, 9.17) is 22.0 Å². The van der Waals surface area contributed by atoms with Crippen molar-refractivity contribution in [2.45, 2.75) is 53.2 Å². The van der Waals surface area contributed by atoms with Crippen LogP contribution < -0.4 is 0 Å². The zero-order valence-electron chi connectivity index (χ0n) is 33.6. The summed E-state index contributed by atoms with van der Waals surface area (Å²) in [4.78, 5) is 9.37. The predicted octanol–water partition coefficient (Wildman–Crippen LogP) is 12.4. The van der Waals surface area contributed by atoms with Crippen molar-refractivity contribution in [2.75, 3.05) is 0 Å². The number of fused-ring (bicyclic) bond motifs is 8. The molecule has 5 heteroatoms. The lowest BCUT2D eigenvalue weighted by Gasteiger charge is -2.24. The van der Waals surface area contributed by atoms with E-state index < -0.39 is 19.4 Å². The number of hydrogen-bond acceptors (Lipinski definition) is 4. The highest BCUT2D eigenvalue weighted by molar-refractivity contribution is 6.23. The second-order valence-corrected chi connectivity index (χ2v) is 13.4. The van der Waals surface area contributed by atoms with Gasteiger partial charge in [0.2, 0.25) is 0 Å². The van der Waals surface area contributed by atoms with E-state index in [0.29, 0.717) is 33.3 Å². The number of aromatic nitrogens is 3. The molecule has 0 saturated heterocycles. The quantitative estimate of drug-likeness (QED) is 0.187. The van der Waals surface area contributed by atoms with E-state index >= 15 is 0 Å². The van der Waals surface area contributed by atoms with Gasteiger partial charge in [0.25, 0.3) is 0 Å². The van der Waals surface area contributed by atoms with Gasteiger partial charge in [-0.3, -0.25) is 9.55 Å². The summed E-state index contributed by atoms with van der Waals surface area (Å²) in [5, 5.41) is 2.41. The monoisotopic (exact) mass is 645 g/mol. The van der Waals surface area contributed by atoms with Crippen LogP contribution in [-0.4, -0.2) is 14.5 Å². The zero-order valence-corrected chi connectivity index (χ0v) is 27.6. The van der Waals surface area contributed by atoms with Crippen molar-refractivity contribution in [3.63, 3.8) is 0 Å². The van der Waals surface area contributed by atoms with Crippen LogP contribution in [0.4, 0.5) is 0 Å². The van der Waals surface area contributed by atoms with Crippen molar-refractivity contribution in [3.8, 4) is 28.2 Å². The first-order valence-electron chi connectivity index (χ1n) is 19.6. The van der Waals surface area contributed by atoms with Gasteiger partial charge in [-0.25, -0.2) is 4.98 Å². The Morgan fingerprint density at radius 3 is 2.14 bits per heavy atom. The first-order valence-corrected chi connectivity index (χ1v) is 16.6. The molecule has 4 heterocycles. The minimum absolute atomic E-state index is 0.0133. The highest BCUT2D eigenvalue weighted by Crippen LogP contribution is 2.45. The predicted molar refractivity (Wildman–Crippen MR) is 202 cm³/mol. The van der Waals surface area contributed by atoms with Gasteiger partial charge < -0.3 is 8.83 Å². The minimum atomic E-state index is -2.71. The van der Waals surface area contributed by atoms with E-state index in [1.165, 1.54) is 17.2 Å². The summed E-state index contributed by atoms with van der Waals surface area (Å²) in [7, 11) is 0. The van der Waals surface area contributed by atoms with Crippen LogP contribution >= 0.6 is 0 Å². The molecule has 4 aromatic heterocycles. The molecule has 5 aromatic carbocycles. The van der Waals surface area contributed by atoms with Crippen molar-refractivity contribution >= 4 is 54.9 Å². The first-order chi connectivity index (χ1) is 26.2. The van der Waals surface area contributed by atoms with Crippen LogP contribution in [0.3, 0.4) is 0 Å². The summed E-state index contributed by atoms with van der Waals surface area (Å²) in [6, 6.07) is 34.3. The topological polar surface area (TPSA) is 57.0 Å². The van der Waals surface area contributed by atoms with Crippen LogP contribution in [-0.2, 0) is 0 Å². The molecular formula is C44H37N3O2. The highest BCUT2D eigenvalue weighted by Gasteiger charge is 2.26. The second-order valence-electron chi connectivity index (χ2n) is 13.4. The summed E-state index contributed by atoms with van der Waals surface area (Å²) in [5.41, 5.74) is 9.09. The third kappa shape index (κ3) is 4.45. The Kier molecular flexibility index (Phi) is 5.27. The van der Waals surface area contributed by atoms with Crippen molar-refractivity contribution in [1.29, 1.82) is 0 Å². The molecule has 0 aliphatic rings. The van der Waals surface area contributed by atoms with E-state index in [1.807, 2.05) is 48.5 Å². The Hall–Kier alpha value is -5.68. The van der Waals surface area contributed by atoms with Gasteiger partial charge in [0, 0.05) is 30.1 Å². The first kappa shape index (κ1) is 23.6. The van der Waals surface area contributed by atoms with Crippen LogP contribution in [0.1, 0.15) is 70.3 Å². The Morgan fingerprint density at radius 2 is 1.39 bits per heavy atom. The normalized spacial score (nSPS) is 14.6. The van der Waals surface area contributed by atoms with Crippen LogP contribution in [0.5, 0.6) is 0 Å². The molecule has 0 unspecified atom stereocenters. The SMILES string of the molecule is [2H]C([2H])([2H])c1cc2c(oc3ccc4c5cccc(-c6nc7ccccc7n6-c6c(C(C)C)cc(-c7ccccc7)cc6C(C)C)c5oc4c32)c(C([2H])([2H])[2H])n1. The molecule has 240 valence electrons. The molecule has 0 spiro atoms. The maximum absolute atomic E-state index is 8.17. The van der Waals surface area contributed by atoms with E-state index in [0.717, 1.165) is 44.2 Å². The van der Waals surface area contributed by atoms with Gasteiger partial charge in [-0.05, 0) is 96.3 Å². The molecule has 5 nitrogen and oxygen atoms in total. The minimum Gasteiger partial charge on any atom is -0.454 e. The van der Waals surface area contributed by atoms with Crippen LogP contribution in [0.15, 0.2) is 112 Å². The van der Waals surface area contributed by atoms with E-state index in [9.17, 15) is 0 Å². The molecule has 0 radical (unpaired) electrons.